The number of nitrogens with zero attached hydrogens (tertiary/aromatic N) is 1. The highest BCUT2D eigenvalue weighted by molar-refractivity contribution is 5.95. The SMILES string of the molecule is Cc1cc(C(=O)N2CC3CCC(N)C3C2)c(C)o1.Cl. The highest BCUT2D eigenvalue weighted by Crippen LogP contribution is 2.37. The van der Waals surface area contributed by atoms with Crippen molar-refractivity contribution < 1.29 is 9.21 Å². The van der Waals surface area contributed by atoms with Crippen molar-refractivity contribution in [3.05, 3.63) is 23.2 Å². The first-order valence-corrected chi connectivity index (χ1v) is 6.68. The second-order valence-electron chi connectivity index (χ2n) is 5.70. The van der Waals surface area contributed by atoms with E-state index >= 15 is 0 Å². The van der Waals surface area contributed by atoms with Crippen molar-refractivity contribution in [2.45, 2.75) is 32.7 Å². The van der Waals surface area contributed by atoms with Crippen molar-refractivity contribution in [2.75, 3.05) is 13.1 Å². The normalized spacial score (nSPS) is 29.2. The third kappa shape index (κ3) is 2.39. The summed E-state index contributed by atoms with van der Waals surface area (Å²) in [5.74, 6) is 2.73. The van der Waals surface area contributed by atoms with E-state index in [1.807, 2.05) is 24.8 Å². The number of likely N-dealkylation sites (tertiary alicyclic amines) is 1. The molecule has 2 fully saturated rings. The van der Waals surface area contributed by atoms with Crippen molar-refractivity contribution >= 4 is 18.3 Å². The van der Waals surface area contributed by atoms with Crippen molar-refractivity contribution in [1.82, 2.24) is 4.90 Å². The first-order valence-electron chi connectivity index (χ1n) is 6.68. The molecule has 2 aliphatic rings. The molecule has 4 nitrogen and oxygen atoms in total. The van der Waals surface area contributed by atoms with Crippen molar-refractivity contribution in [2.24, 2.45) is 17.6 Å². The van der Waals surface area contributed by atoms with Crippen molar-refractivity contribution in [1.29, 1.82) is 0 Å². The van der Waals surface area contributed by atoms with Gasteiger partial charge in [0.1, 0.15) is 11.5 Å². The molecular formula is C14H21ClN2O2. The van der Waals surface area contributed by atoms with Crippen LogP contribution in [0.15, 0.2) is 10.5 Å². The van der Waals surface area contributed by atoms with Gasteiger partial charge in [-0.1, -0.05) is 0 Å². The molecular weight excluding hydrogens is 264 g/mol. The highest BCUT2D eigenvalue weighted by Gasteiger charge is 2.42. The molecule has 1 saturated carbocycles. The van der Waals surface area contributed by atoms with Crippen LogP contribution in [0.5, 0.6) is 0 Å². The molecule has 5 heteroatoms. The molecule has 0 radical (unpaired) electrons. The maximum atomic E-state index is 12.4. The van der Waals surface area contributed by atoms with E-state index in [1.165, 1.54) is 6.42 Å². The molecule has 0 bridgehead atoms. The third-order valence-electron chi connectivity index (χ3n) is 4.47. The zero-order valence-electron chi connectivity index (χ0n) is 11.4. The zero-order chi connectivity index (χ0) is 12.9. The Kier molecular flexibility index (Phi) is 3.92. The number of nitrogens with two attached hydrogens (primary N) is 1. The van der Waals surface area contributed by atoms with E-state index in [4.69, 9.17) is 10.2 Å². The van der Waals surface area contributed by atoms with Gasteiger partial charge in [-0.15, -0.1) is 12.4 Å². The Hall–Kier alpha value is -1.000. The quantitative estimate of drug-likeness (QED) is 0.859. The van der Waals surface area contributed by atoms with E-state index in [0.29, 0.717) is 17.4 Å². The fourth-order valence-electron chi connectivity index (χ4n) is 3.49. The summed E-state index contributed by atoms with van der Waals surface area (Å²) in [4.78, 5) is 14.4. The van der Waals surface area contributed by atoms with Crippen LogP contribution in [0, 0.1) is 25.7 Å². The molecule has 1 aliphatic carbocycles. The zero-order valence-corrected chi connectivity index (χ0v) is 12.2. The van der Waals surface area contributed by atoms with Gasteiger partial charge in [0.15, 0.2) is 0 Å². The Bertz CT molecular complexity index is 486. The predicted octanol–water partition coefficient (Wildman–Crippen LogP) is 2.13. The van der Waals surface area contributed by atoms with Crippen LogP contribution in [0.2, 0.25) is 0 Å². The van der Waals surface area contributed by atoms with E-state index in [9.17, 15) is 4.79 Å². The Balaban J connectivity index is 0.00000133. The molecule has 106 valence electrons. The molecule has 2 N–H and O–H groups in total. The number of amides is 1. The summed E-state index contributed by atoms with van der Waals surface area (Å²) < 4.78 is 5.44. The van der Waals surface area contributed by atoms with Gasteiger partial charge in [-0.25, -0.2) is 0 Å². The van der Waals surface area contributed by atoms with Gasteiger partial charge in [0.2, 0.25) is 0 Å². The van der Waals surface area contributed by atoms with Crippen molar-refractivity contribution in [3.8, 4) is 0 Å². The lowest BCUT2D eigenvalue weighted by atomic mass is 9.98. The standard InChI is InChI=1S/C14H20N2O2.ClH/c1-8-5-11(9(2)18-8)14(17)16-6-10-3-4-13(15)12(10)7-16;/h5,10,12-13H,3-4,6-7,15H2,1-2H3;1H. The van der Waals surface area contributed by atoms with Gasteiger partial charge < -0.3 is 15.1 Å². The Morgan fingerprint density at radius 3 is 2.68 bits per heavy atom. The number of furan rings is 1. The number of hydrogen-bond acceptors (Lipinski definition) is 3. The van der Waals surface area contributed by atoms with E-state index in [-0.39, 0.29) is 24.4 Å². The van der Waals surface area contributed by atoms with Crippen LogP contribution in [0.3, 0.4) is 0 Å². The Labute approximate surface area is 119 Å². The van der Waals surface area contributed by atoms with Crippen LogP contribution in [-0.2, 0) is 0 Å². The number of fused-ring (bicyclic) bond motifs is 1. The van der Waals surface area contributed by atoms with Gasteiger partial charge >= 0.3 is 0 Å². The third-order valence-corrected chi connectivity index (χ3v) is 4.47. The number of carbonyl (C=O) groups is 1. The average molecular weight is 285 g/mol. The first kappa shape index (κ1) is 14.4. The molecule has 19 heavy (non-hydrogen) atoms. The average Bonchev–Trinajstić information content (AvgIpc) is 2.96. The first-order chi connectivity index (χ1) is 8.56. The van der Waals surface area contributed by atoms with E-state index < -0.39 is 0 Å². The minimum Gasteiger partial charge on any atom is -0.466 e. The van der Waals surface area contributed by atoms with Gasteiger partial charge in [-0.05, 0) is 44.6 Å². The molecule has 1 saturated heterocycles. The van der Waals surface area contributed by atoms with Crippen LogP contribution in [-0.4, -0.2) is 29.9 Å². The van der Waals surface area contributed by atoms with Gasteiger partial charge in [-0.2, -0.15) is 0 Å². The van der Waals surface area contributed by atoms with Crippen LogP contribution in [0.25, 0.3) is 0 Å². The molecule has 1 aromatic rings. The summed E-state index contributed by atoms with van der Waals surface area (Å²) in [7, 11) is 0. The van der Waals surface area contributed by atoms with Gasteiger partial charge in [-0.3, -0.25) is 4.79 Å². The molecule has 0 aromatic carbocycles. The summed E-state index contributed by atoms with van der Waals surface area (Å²) in [6.45, 7) is 5.40. The van der Waals surface area contributed by atoms with Crippen molar-refractivity contribution in [3.63, 3.8) is 0 Å². The monoisotopic (exact) mass is 284 g/mol. The molecule has 2 heterocycles. The summed E-state index contributed by atoms with van der Waals surface area (Å²) in [6.07, 6.45) is 2.28. The Morgan fingerprint density at radius 2 is 2.11 bits per heavy atom. The van der Waals surface area contributed by atoms with Crippen LogP contribution in [0.1, 0.15) is 34.7 Å². The topological polar surface area (TPSA) is 59.5 Å². The van der Waals surface area contributed by atoms with Gasteiger partial charge in [0.25, 0.3) is 5.91 Å². The number of halogens is 1. The van der Waals surface area contributed by atoms with E-state index in [0.717, 1.165) is 31.0 Å². The second kappa shape index (κ2) is 5.17. The van der Waals surface area contributed by atoms with Gasteiger partial charge in [0.05, 0.1) is 5.56 Å². The highest BCUT2D eigenvalue weighted by atomic mass is 35.5. The lowest BCUT2D eigenvalue weighted by Crippen LogP contribution is -2.33. The summed E-state index contributed by atoms with van der Waals surface area (Å²) in [5.41, 5.74) is 6.81. The van der Waals surface area contributed by atoms with Crippen LogP contribution < -0.4 is 5.73 Å². The van der Waals surface area contributed by atoms with E-state index in [1.54, 1.807) is 0 Å². The molecule has 1 aliphatic heterocycles. The number of carbonyl (C=O) groups excluding carboxylic acids is 1. The number of aryl methyl sites for hydroxylation is 2. The maximum Gasteiger partial charge on any atom is 0.257 e. The summed E-state index contributed by atoms with van der Waals surface area (Å²) >= 11 is 0. The lowest BCUT2D eigenvalue weighted by Gasteiger charge is -2.18. The molecule has 1 aromatic heterocycles. The molecule has 1 amide bonds. The summed E-state index contributed by atoms with van der Waals surface area (Å²) in [6, 6.07) is 2.12. The number of rotatable bonds is 1. The second-order valence-corrected chi connectivity index (χ2v) is 5.70. The summed E-state index contributed by atoms with van der Waals surface area (Å²) in [5, 5.41) is 0. The maximum absolute atomic E-state index is 12.4. The van der Waals surface area contributed by atoms with Crippen LogP contribution in [0.4, 0.5) is 0 Å². The van der Waals surface area contributed by atoms with Crippen LogP contribution >= 0.6 is 12.4 Å². The minimum absolute atomic E-state index is 0. The fourth-order valence-corrected chi connectivity index (χ4v) is 3.49. The molecule has 3 unspecified atom stereocenters. The lowest BCUT2D eigenvalue weighted by molar-refractivity contribution is 0.0778. The Morgan fingerprint density at radius 1 is 1.37 bits per heavy atom. The predicted molar refractivity (Wildman–Crippen MR) is 75.5 cm³/mol. The number of hydrogen-bond donors (Lipinski definition) is 1. The van der Waals surface area contributed by atoms with E-state index in [2.05, 4.69) is 0 Å². The minimum atomic E-state index is 0. The molecule has 3 atom stereocenters. The molecule has 3 rings (SSSR count). The van der Waals surface area contributed by atoms with Gasteiger partial charge in [0, 0.05) is 19.1 Å². The largest absolute Gasteiger partial charge is 0.466 e. The molecule has 0 spiro atoms. The smallest absolute Gasteiger partial charge is 0.257 e. The fraction of sp³-hybridized carbons (Fsp3) is 0.643.